The number of carbonyl (C=O) groups is 4. The first kappa shape index (κ1) is 19.1. The largest absolute Gasteiger partial charge is 0.452 e. The van der Waals surface area contributed by atoms with Crippen LogP contribution in [-0.2, 0) is 33.8 Å². The summed E-state index contributed by atoms with van der Waals surface area (Å²) in [5.41, 5.74) is 2.03. The molecular weight excluding hydrogens is 394 g/mol. The van der Waals surface area contributed by atoms with Gasteiger partial charge in [0.2, 0.25) is 5.91 Å². The highest BCUT2D eigenvalue weighted by Gasteiger charge is 2.28. The summed E-state index contributed by atoms with van der Waals surface area (Å²) in [6.07, 6.45) is 0.817. The first-order valence-corrected chi connectivity index (χ1v) is 10.1. The van der Waals surface area contributed by atoms with Crippen molar-refractivity contribution < 1.29 is 23.9 Å². The Morgan fingerprint density at radius 3 is 2.86 bits per heavy atom. The molecule has 1 N–H and O–H groups in total. The van der Waals surface area contributed by atoms with E-state index in [4.69, 9.17) is 4.74 Å². The lowest BCUT2D eigenvalue weighted by atomic mass is 10.1. The normalized spacial score (nSPS) is 15.9. The predicted octanol–water partition coefficient (Wildman–Crippen LogP) is 1.54. The number of hydrogen-bond acceptors (Lipinski definition) is 6. The fourth-order valence-electron chi connectivity index (χ4n) is 3.36. The van der Waals surface area contributed by atoms with Gasteiger partial charge >= 0.3 is 12.0 Å². The molecule has 2 aliphatic heterocycles. The number of thiophene rings is 1. The van der Waals surface area contributed by atoms with Crippen molar-refractivity contribution in [1.82, 2.24) is 15.1 Å². The highest BCUT2D eigenvalue weighted by molar-refractivity contribution is 7.10. The number of hydrogen-bond donors (Lipinski definition) is 1. The second-order valence-electron chi connectivity index (χ2n) is 6.85. The van der Waals surface area contributed by atoms with E-state index in [1.54, 1.807) is 40.5 Å². The summed E-state index contributed by atoms with van der Waals surface area (Å²) >= 11 is 1.69. The average Bonchev–Trinajstić information content (AvgIpc) is 3.33. The van der Waals surface area contributed by atoms with Crippen LogP contribution in [0, 0.1) is 0 Å². The van der Waals surface area contributed by atoms with Crippen molar-refractivity contribution in [3.8, 4) is 0 Å². The Morgan fingerprint density at radius 2 is 2.07 bits per heavy atom. The van der Waals surface area contributed by atoms with E-state index in [9.17, 15) is 19.2 Å². The topological polar surface area (TPSA) is 96.0 Å². The first-order valence-electron chi connectivity index (χ1n) is 9.18. The minimum atomic E-state index is -0.620. The van der Waals surface area contributed by atoms with E-state index in [1.165, 1.54) is 4.88 Å². The molecule has 8 nitrogen and oxygen atoms in total. The van der Waals surface area contributed by atoms with Gasteiger partial charge in [-0.25, -0.2) is 9.59 Å². The first-order chi connectivity index (χ1) is 14.0. The molecule has 3 heterocycles. The maximum atomic E-state index is 12.4. The maximum absolute atomic E-state index is 12.4. The molecule has 2 aliphatic rings. The van der Waals surface area contributed by atoms with Crippen LogP contribution in [0.2, 0.25) is 0 Å². The van der Waals surface area contributed by atoms with E-state index < -0.39 is 12.0 Å². The van der Waals surface area contributed by atoms with Gasteiger partial charge in [-0.05, 0) is 41.1 Å². The van der Waals surface area contributed by atoms with Crippen molar-refractivity contribution in [3.63, 3.8) is 0 Å². The van der Waals surface area contributed by atoms with Gasteiger partial charge in [0.1, 0.15) is 0 Å². The standard InChI is InChI=1S/C20H19N3O5S/c24-17-9-21-20(27)23(17)10-13-2-1-3-14(8-13)19(26)28-12-18(25)22-6-4-16-15(11-22)5-7-29-16/h1-3,5,7-8H,4,6,9-12H2,(H,21,27). The third-order valence-electron chi connectivity index (χ3n) is 4.93. The Labute approximate surface area is 171 Å². The van der Waals surface area contributed by atoms with Gasteiger partial charge < -0.3 is 15.0 Å². The Hall–Kier alpha value is -3.20. The van der Waals surface area contributed by atoms with Gasteiger partial charge in [-0.3, -0.25) is 14.5 Å². The summed E-state index contributed by atoms with van der Waals surface area (Å²) in [6, 6.07) is 8.05. The lowest BCUT2D eigenvalue weighted by molar-refractivity contribution is -0.135. The Morgan fingerprint density at radius 1 is 1.21 bits per heavy atom. The molecule has 0 unspecified atom stereocenters. The van der Waals surface area contributed by atoms with Gasteiger partial charge in [0.05, 0.1) is 18.7 Å². The molecule has 0 bridgehead atoms. The van der Waals surface area contributed by atoms with Crippen LogP contribution in [0.1, 0.15) is 26.4 Å². The molecule has 0 saturated carbocycles. The quantitative estimate of drug-likeness (QED) is 0.593. The molecule has 1 fully saturated rings. The lowest BCUT2D eigenvalue weighted by Crippen LogP contribution is -2.38. The zero-order valence-electron chi connectivity index (χ0n) is 15.6. The third kappa shape index (κ3) is 4.14. The van der Waals surface area contributed by atoms with E-state index in [0.717, 1.165) is 16.9 Å². The maximum Gasteiger partial charge on any atom is 0.338 e. The summed E-state index contributed by atoms with van der Waals surface area (Å²) in [5.74, 6) is -1.17. The van der Waals surface area contributed by atoms with E-state index >= 15 is 0 Å². The van der Waals surface area contributed by atoms with Crippen molar-refractivity contribution in [2.24, 2.45) is 0 Å². The second kappa shape index (κ2) is 8.04. The van der Waals surface area contributed by atoms with Gasteiger partial charge in [0.25, 0.3) is 5.91 Å². The summed E-state index contributed by atoms with van der Waals surface area (Å²) < 4.78 is 5.19. The molecule has 1 saturated heterocycles. The molecule has 29 heavy (non-hydrogen) atoms. The fourth-order valence-corrected chi connectivity index (χ4v) is 4.25. The van der Waals surface area contributed by atoms with Crippen LogP contribution < -0.4 is 5.32 Å². The van der Waals surface area contributed by atoms with Crippen molar-refractivity contribution in [2.45, 2.75) is 19.5 Å². The number of nitrogens with zero attached hydrogens (tertiary/aromatic N) is 2. The number of nitrogens with one attached hydrogen (secondary N) is 1. The fraction of sp³-hybridized carbons (Fsp3) is 0.300. The smallest absolute Gasteiger partial charge is 0.338 e. The van der Waals surface area contributed by atoms with Crippen LogP contribution in [0.25, 0.3) is 0 Å². The molecule has 1 aromatic heterocycles. The molecule has 0 aliphatic carbocycles. The predicted molar refractivity (Wildman–Crippen MR) is 104 cm³/mol. The van der Waals surface area contributed by atoms with Crippen LogP contribution in [0.3, 0.4) is 0 Å². The zero-order valence-corrected chi connectivity index (χ0v) is 16.4. The molecule has 4 rings (SSSR count). The second-order valence-corrected chi connectivity index (χ2v) is 7.85. The average molecular weight is 413 g/mol. The Bertz CT molecular complexity index is 970. The molecule has 2 aromatic rings. The Balaban J connectivity index is 1.33. The van der Waals surface area contributed by atoms with Crippen LogP contribution in [0.5, 0.6) is 0 Å². The van der Waals surface area contributed by atoms with Gasteiger partial charge in [-0.1, -0.05) is 12.1 Å². The molecule has 0 spiro atoms. The number of ether oxygens (including phenoxy) is 1. The summed E-state index contributed by atoms with van der Waals surface area (Å²) in [4.78, 5) is 52.2. The molecule has 1 aromatic carbocycles. The Kier molecular flexibility index (Phi) is 5.30. The minimum absolute atomic E-state index is 0.0218. The van der Waals surface area contributed by atoms with Crippen molar-refractivity contribution in [2.75, 3.05) is 19.7 Å². The van der Waals surface area contributed by atoms with Gasteiger partial charge in [-0.15, -0.1) is 11.3 Å². The summed E-state index contributed by atoms with van der Waals surface area (Å²) in [7, 11) is 0. The molecule has 150 valence electrons. The van der Waals surface area contributed by atoms with Crippen LogP contribution in [-0.4, -0.2) is 53.3 Å². The molecule has 0 radical (unpaired) electrons. The van der Waals surface area contributed by atoms with E-state index in [0.29, 0.717) is 18.7 Å². The van der Waals surface area contributed by atoms with Crippen molar-refractivity contribution in [1.29, 1.82) is 0 Å². The number of urea groups is 1. The van der Waals surface area contributed by atoms with Gasteiger partial charge in [0.15, 0.2) is 6.61 Å². The number of carbonyl (C=O) groups excluding carboxylic acids is 4. The number of imide groups is 1. The van der Waals surface area contributed by atoms with E-state index in [1.807, 2.05) is 11.4 Å². The molecule has 9 heteroatoms. The number of esters is 1. The zero-order chi connectivity index (χ0) is 20.4. The van der Waals surface area contributed by atoms with E-state index in [-0.39, 0.29) is 37.1 Å². The van der Waals surface area contributed by atoms with Crippen LogP contribution in [0.15, 0.2) is 35.7 Å². The number of benzene rings is 1. The summed E-state index contributed by atoms with van der Waals surface area (Å²) in [5, 5.41) is 4.47. The number of amides is 4. The molecule has 0 atom stereocenters. The van der Waals surface area contributed by atoms with Crippen LogP contribution in [0.4, 0.5) is 4.79 Å². The van der Waals surface area contributed by atoms with E-state index in [2.05, 4.69) is 5.32 Å². The number of rotatable bonds is 5. The van der Waals surface area contributed by atoms with Crippen molar-refractivity contribution in [3.05, 3.63) is 57.3 Å². The third-order valence-corrected chi connectivity index (χ3v) is 5.95. The van der Waals surface area contributed by atoms with Gasteiger partial charge in [-0.2, -0.15) is 0 Å². The SMILES string of the molecule is O=C(OCC(=O)N1CCc2sccc2C1)c1cccc(CN2C(=O)CNC2=O)c1. The molecular formula is C20H19N3O5S. The monoisotopic (exact) mass is 413 g/mol. The summed E-state index contributed by atoms with van der Waals surface area (Å²) in [6.45, 7) is 0.880. The lowest BCUT2D eigenvalue weighted by Gasteiger charge is -2.26. The highest BCUT2D eigenvalue weighted by Crippen LogP contribution is 2.24. The highest BCUT2D eigenvalue weighted by atomic mass is 32.1. The minimum Gasteiger partial charge on any atom is -0.452 e. The van der Waals surface area contributed by atoms with Crippen LogP contribution >= 0.6 is 11.3 Å². The van der Waals surface area contributed by atoms with Crippen molar-refractivity contribution >= 4 is 35.2 Å². The molecule has 4 amide bonds. The van der Waals surface area contributed by atoms with Gasteiger partial charge in [0, 0.05) is 18.0 Å². The number of fused-ring (bicyclic) bond motifs is 1.